The number of carbonyl (C=O) groups is 1. The predicted molar refractivity (Wildman–Crippen MR) is 67.8 cm³/mol. The average Bonchev–Trinajstić information content (AvgIpc) is 2.39. The Morgan fingerprint density at radius 3 is 2.59 bits per heavy atom. The van der Waals surface area contributed by atoms with E-state index in [1.54, 1.807) is 6.92 Å². The molecule has 1 aliphatic rings. The molecule has 17 heavy (non-hydrogen) atoms. The Kier molecular flexibility index (Phi) is 3.55. The molecule has 0 saturated heterocycles. The van der Waals surface area contributed by atoms with Crippen molar-refractivity contribution in [3.8, 4) is 0 Å². The van der Waals surface area contributed by atoms with E-state index in [4.69, 9.17) is 0 Å². The van der Waals surface area contributed by atoms with Gasteiger partial charge in [0.25, 0.3) is 0 Å². The Morgan fingerprint density at radius 2 is 2.06 bits per heavy atom. The molecular weight excluding hydrogens is 212 g/mol. The number of hydrogen-bond acceptors (Lipinski definition) is 2. The smallest absolute Gasteiger partial charge is 0.170 e. The van der Waals surface area contributed by atoms with Crippen LogP contribution >= 0.6 is 0 Å². The highest BCUT2D eigenvalue weighted by Gasteiger charge is 2.19. The number of allylic oxidation sites excluding steroid dienone is 2. The number of aliphatic hydroxyl groups is 1. The fraction of sp³-hybridized carbons (Fsp3) is 0.267. The molecule has 0 bridgehead atoms. The second-order valence-electron chi connectivity index (χ2n) is 4.31. The molecule has 1 aromatic carbocycles. The van der Waals surface area contributed by atoms with Gasteiger partial charge in [-0.25, -0.2) is 0 Å². The fourth-order valence-corrected chi connectivity index (χ4v) is 1.96. The summed E-state index contributed by atoms with van der Waals surface area (Å²) in [7, 11) is 0. The molecule has 0 heterocycles. The predicted octanol–water partition coefficient (Wildman–Crippen LogP) is 2.75. The molecule has 2 nitrogen and oxygen atoms in total. The monoisotopic (exact) mass is 228 g/mol. The maximum atomic E-state index is 12.1. The standard InChI is InChI=1S/C15H16O2/c1-11(16)12-7-9-14(10-8-12)15(17)13-5-3-2-4-6-13/h2-9,11,14,16H,10H2,1H3. The summed E-state index contributed by atoms with van der Waals surface area (Å²) in [6.07, 6.45) is 5.89. The number of benzene rings is 1. The highest BCUT2D eigenvalue weighted by Crippen LogP contribution is 2.22. The second-order valence-corrected chi connectivity index (χ2v) is 4.31. The van der Waals surface area contributed by atoms with Gasteiger partial charge in [0.05, 0.1) is 6.10 Å². The van der Waals surface area contributed by atoms with Gasteiger partial charge in [0, 0.05) is 11.5 Å². The van der Waals surface area contributed by atoms with E-state index in [0.717, 1.165) is 11.1 Å². The van der Waals surface area contributed by atoms with Crippen molar-refractivity contribution in [1.29, 1.82) is 0 Å². The molecule has 2 unspecified atom stereocenters. The molecule has 2 rings (SSSR count). The Balaban J connectivity index is 2.08. The molecule has 1 aliphatic carbocycles. The van der Waals surface area contributed by atoms with E-state index in [1.165, 1.54) is 0 Å². The quantitative estimate of drug-likeness (QED) is 0.808. The number of carbonyl (C=O) groups excluding carboxylic acids is 1. The molecule has 0 amide bonds. The molecule has 88 valence electrons. The molecule has 0 spiro atoms. The lowest BCUT2D eigenvalue weighted by Gasteiger charge is -2.16. The van der Waals surface area contributed by atoms with Crippen molar-refractivity contribution in [2.75, 3.05) is 0 Å². The van der Waals surface area contributed by atoms with Crippen LogP contribution in [-0.4, -0.2) is 17.0 Å². The van der Waals surface area contributed by atoms with Crippen molar-refractivity contribution < 1.29 is 9.90 Å². The maximum absolute atomic E-state index is 12.1. The van der Waals surface area contributed by atoms with E-state index < -0.39 is 6.10 Å². The van der Waals surface area contributed by atoms with E-state index in [-0.39, 0.29) is 11.7 Å². The number of aliphatic hydroxyl groups excluding tert-OH is 1. The second kappa shape index (κ2) is 5.11. The molecular formula is C15H16O2. The van der Waals surface area contributed by atoms with Gasteiger partial charge in [-0.1, -0.05) is 48.6 Å². The van der Waals surface area contributed by atoms with Crippen LogP contribution in [0, 0.1) is 5.92 Å². The van der Waals surface area contributed by atoms with Crippen LogP contribution in [0.4, 0.5) is 0 Å². The van der Waals surface area contributed by atoms with Crippen LogP contribution in [0.25, 0.3) is 0 Å². The summed E-state index contributed by atoms with van der Waals surface area (Å²) in [5.41, 5.74) is 1.64. The van der Waals surface area contributed by atoms with E-state index >= 15 is 0 Å². The van der Waals surface area contributed by atoms with Crippen LogP contribution < -0.4 is 0 Å². The van der Waals surface area contributed by atoms with E-state index in [2.05, 4.69) is 0 Å². The van der Waals surface area contributed by atoms with E-state index in [1.807, 2.05) is 48.6 Å². The molecule has 2 atom stereocenters. The molecule has 0 saturated carbocycles. The molecule has 1 aromatic rings. The van der Waals surface area contributed by atoms with E-state index in [9.17, 15) is 9.90 Å². The number of hydrogen-bond donors (Lipinski definition) is 1. The Labute approximate surface area is 101 Å². The van der Waals surface area contributed by atoms with Crippen LogP contribution in [0.15, 0.2) is 54.1 Å². The fourth-order valence-electron chi connectivity index (χ4n) is 1.96. The maximum Gasteiger partial charge on any atom is 0.170 e. The SMILES string of the molecule is CC(O)C1=CCC(C(=O)c2ccccc2)C=C1. The minimum atomic E-state index is -0.459. The van der Waals surface area contributed by atoms with Crippen LogP contribution in [0.2, 0.25) is 0 Å². The van der Waals surface area contributed by atoms with Crippen molar-refractivity contribution in [1.82, 2.24) is 0 Å². The first kappa shape index (κ1) is 11.8. The van der Waals surface area contributed by atoms with Crippen molar-refractivity contribution in [3.63, 3.8) is 0 Å². The summed E-state index contributed by atoms with van der Waals surface area (Å²) in [6.45, 7) is 1.73. The van der Waals surface area contributed by atoms with Gasteiger partial charge in [-0.15, -0.1) is 0 Å². The Bertz CT molecular complexity index is 455. The zero-order valence-electron chi connectivity index (χ0n) is 9.84. The van der Waals surface area contributed by atoms with E-state index in [0.29, 0.717) is 6.42 Å². The van der Waals surface area contributed by atoms with Gasteiger partial charge in [0.2, 0.25) is 0 Å². The van der Waals surface area contributed by atoms with Crippen LogP contribution in [0.3, 0.4) is 0 Å². The highest BCUT2D eigenvalue weighted by molar-refractivity contribution is 5.99. The van der Waals surface area contributed by atoms with Crippen molar-refractivity contribution in [2.24, 2.45) is 5.92 Å². The van der Waals surface area contributed by atoms with Gasteiger partial charge in [-0.2, -0.15) is 0 Å². The zero-order chi connectivity index (χ0) is 12.3. The molecule has 0 aliphatic heterocycles. The lowest BCUT2D eigenvalue weighted by atomic mass is 9.88. The highest BCUT2D eigenvalue weighted by atomic mass is 16.3. The number of Topliss-reactive ketones (excluding diaryl/α,β-unsaturated/α-hetero) is 1. The minimum Gasteiger partial charge on any atom is -0.389 e. The van der Waals surface area contributed by atoms with Crippen molar-refractivity contribution in [3.05, 3.63) is 59.7 Å². The zero-order valence-corrected chi connectivity index (χ0v) is 9.84. The molecule has 0 aromatic heterocycles. The lowest BCUT2D eigenvalue weighted by molar-refractivity contribution is 0.0944. The van der Waals surface area contributed by atoms with Crippen molar-refractivity contribution in [2.45, 2.75) is 19.4 Å². The third-order valence-corrected chi connectivity index (χ3v) is 3.01. The van der Waals surface area contributed by atoms with Crippen LogP contribution in [0.1, 0.15) is 23.7 Å². The summed E-state index contributed by atoms with van der Waals surface area (Å²) < 4.78 is 0. The first-order valence-corrected chi connectivity index (χ1v) is 5.84. The summed E-state index contributed by atoms with van der Waals surface area (Å²) >= 11 is 0. The van der Waals surface area contributed by atoms with Crippen LogP contribution in [0.5, 0.6) is 0 Å². The van der Waals surface area contributed by atoms with Gasteiger partial charge in [-0.3, -0.25) is 4.79 Å². The molecule has 2 heteroatoms. The topological polar surface area (TPSA) is 37.3 Å². The third kappa shape index (κ3) is 2.71. The summed E-state index contributed by atoms with van der Waals surface area (Å²) in [6, 6.07) is 9.32. The normalized spacial score (nSPS) is 20.8. The van der Waals surface area contributed by atoms with Crippen molar-refractivity contribution >= 4 is 5.78 Å². The summed E-state index contributed by atoms with van der Waals surface area (Å²) in [5, 5.41) is 9.41. The minimum absolute atomic E-state index is 0.0973. The molecule has 0 fully saturated rings. The lowest BCUT2D eigenvalue weighted by Crippen LogP contribution is -2.15. The third-order valence-electron chi connectivity index (χ3n) is 3.01. The van der Waals surface area contributed by atoms with Crippen LogP contribution in [-0.2, 0) is 0 Å². The average molecular weight is 228 g/mol. The summed E-state index contributed by atoms with van der Waals surface area (Å²) in [4.78, 5) is 12.1. The largest absolute Gasteiger partial charge is 0.389 e. The van der Waals surface area contributed by atoms with Gasteiger partial charge in [-0.05, 0) is 18.9 Å². The van der Waals surface area contributed by atoms with Gasteiger partial charge in [0.15, 0.2) is 5.78 Å². The van der Waals surface area contributed by atoms with Gasteiger partial charge >= 0.3 is 0 Å². The molecule has 1 N–H and O–H groups in total. The summed E-state index contributed by atoms with van der Waals surface area (Å²) in [5.74, 6) is 0.0441. The Hall–Kier alpha value is -1.67. The number of ketones is 1. The first-order valence-electron chi connectivity index (χ1n) is 5.84. The molecule has 0 radical (unpaired) electrons. The van der Waals surface area contributed by atoms with Gasteiger partial charge < -0.3 is 5.11 Å². The number of rotatable bonds is 3. The Morgan fingerprint density at radius 1 is 1.35 bits per heavy atom. The first-order chi connectivity index (χ1) is 8.18. The van der Waals surface area contributed by atoms with Gasteiger partial charge in [0.1, 0.15) is 0 Å².